The predicted molar refractivity (Wildman–Crippen MR) is 114 cm³/mol. The summed E-state index contributed by atoms with van der Waals surface area (Å²) in [5.41, 5.74) is 4.63. The minimum absolute atomic E-state index is 0.0101. The van der Waals surface area contributed by atoms with Crippen molar-refractivity contribution in [2.75, 3.05) is 17.2 Å². The van der Waals surface area contributed by atoms with Gasteiger partial charge in [0.2, 0.25) is 5.91 Å². The van der Waals surface area contributed by atoms with E-state index in [0.29, 0.717) is 6.54 Å². The Morgan fingerprint density at radius 1 is 0.893 bits per heavy atom. The number of benzene rings is 3. The fraction of sp³-hybridized carbons (Fsp3) is 0.208. The maximum absolute atomic E-state index is 11.7. The molecule has 3 atom stereocenters. The van der Waals surface area contributed by atoms with Crippen molar-refractivity contribution in [1.29, 1.82) is 0 Å². The molecular weight excluding hydrogens is 346 g/mol. The lowest BCUT2D eigenvalue weighted by Crippen LogP contribution is -2.42. The number of rotatable bonds is 5. The van der Waals surface area contributed by atoms with Crippen molar-refractivity contribution in [3.8, 4) is 0 Å². The number of fused-ring (bicyclic) bond motifs is 1. The second kappa shape index (κ2) is 8.17. The Labute approximate surface area is 166 Å². The molecule has 3 aromatic carbocycles. The monoisotopic (exact) mass is 371 g/mol. The van der Waals surface area contributed by atoms with E-state index in [1.54, 1.807) is 6.92 Å². The Morgan fingerprint density at radius 3 is 2.25 bits per heavy atom. The largest absolute Gasteiger partial charge is 0.378 e. The van der Waals surface area contributed by atoms with Crippen LogP contribution in [-0.2, 0) is 4.79 Å². The van der Waals surface area contributed by atoms with Crippen molar-refractivity contribution in [3.05, 3.63) is 96.1 Å². The van der Waals surface area contributed by atoms with E-state index in [-0.39, 0.29) is 23.9 Å². The third kappa shape index (κ3) is 3.86. The molecule has 0 aliphatic carbocycles. The first-order chi connectivity index (χ1) is 13.7. The lowest BCUT2D eigenvalue weighted by Gasteiger charge is -2.42. The average molecular weight is 371 g/mol. The molecule has 28 heavy (non-hydrogen) atoms. The van der Waals surface area contributed by atoms with Gasteiger partial charge in [-0.15, -0.1) is 0 Å². The zero-order chi connectivity index (χ0) is 19.3. The lowest BCUT2D eigenvalue weighted by molar-refractivity contribution is -0.119. The van der Waals surface area contributed by atoms with Crippen LogP contribution in [0.15, 0.2) is 84.9 Å². The fourth-order valence-electron chi connectivity index (χ4n) is 3.98. The number of amides is 1. The van der Waals surface area contributed by atoms with Gasteiger partial charge >= 0.3 is 0 Å². The minimum atomic E-state index is -0.0101. The van der Waals surface area contributed by atoms with Gasteiger partial charge in [0.25, 0.3) is 0 Å². The molecule has 0 radical (unpaired) electrons. The van der Waals surface area contributed by atoms with E-state index in [9.17, 15) is 4.79 Å². The summed E-state index contributed by atoms with van der Waals surface area (Å²) < 4.78 is 0. The van der Waals surface area contributed by atoms with Gasteiger partial charge in [-0.3, -0.25) is 4.79 Å². The van der Waals surface area contributed by atoms with Crippen LogP contribution < -0.4 is 16.0 Å². The van der Waals surface area contributed by atoms with Crippen molar-refractivity contribution < 1.29 is 4.79 Å². The summed E-state index contributed by atoms with van der Waals surface area (Å²) in [7, 11) is 0. The van der Waals surface area contributed by atoms with Crippen LogP contribution in [0.25, 0.3) is 0 Å². The van der Waals surface area contributed by atoms with Crippen LogP contribution in [0.1, 0.15) is 30.1 Å². The number of anilines is 2. The van der Waals surface area contributed by atoms with E-state index in [0.717, 1.165) is 11.4 Å². The van der Waals surface area contributed by atoms with Gasteiger partial charge in [-0.2, -0.15) is 0 Å². The van der Waals surface area contributed by atoms with Crippen molar-refractivity contribution in [1.82, 2.24) is 5.32 Å². The van der Waals surface area contributed by atoms with Crippen LogP contribution in [0, 0.1) is 5.92 Å². The predicted octanol–water partition coefficient (Wildman–Crippen LogP) is 4.76. The topological polar surface area (TPSA) is 53.2 Å². The second-order valence-electron chi connectivity index (χ2n) is 7.21. The maximum atomic E-state index is 11.7. The molecule has 3 aromatic rings. The van der Waals surface area contributed by atoms with Gasteiger partial charge in [-0.1, -0.05) is 66.7 Å². The Bertz CT molecular complexity index is 927. The third-order valence-electron chi connectivity index (χ3n) is 5.30. The summed E-state index contributed by atoms with van der Waals surface area (Å²) >= 11 is 0. The van der Waals surface area contributed by atoms with Gasteiger partial charge in [-0.25, -0.2) is 0 Å². The lowest BCUT2D eigenvalue weighted by atomic mass is 9.79. The highest BCUT2D eigenvalue weighted by molar-refractivity contribution is 5.73. The van der Waals surface area contributed by atoms with Crippen LogP contribution in [-0.4, -0.2) is 12.5 Å². The highest BCUT2D eigenvalue weighted by Gasteiger charge is 2.37. The van der Waals surface area contributed by atoms with Crippen molar-refractivity contribution in [3.63, 3.8) is 0 Å². The molecule has 0 saturated carbocycles. The molecular formula is C24H25N3O. The van der Waals surface area contributed by atoms with Gasteiger partial charge in [0.05, 0.1) is 12.1 Å². The number of hydrogen-bond donors (Lipinski definition) is 3. The maximum Gasteiger partial charge on any atom is 0.216 e. The molecule has 1 aliphatic rings. The highest BCUT2D eigenvalue weighted by atomic mass is 16.1. The van der Waals surface area contributed by atoms with Gasteiger partial charge in [-0.05, 0) is 29.3 Å². The van der Waals surface area contributed by atoms with Crippen molar-refractivity contribution in [2.24, 2.45) is 5.92 Å². The first-order valence-corrected chi connectivity index (χ1v) is 9.69. The molecule has 0 fully saturated rings. The van der Waals surface area contributed by atoms with E-state index in [4.69, 9.17) is 0 Å². The summed E-state index contributed by atoms with van der Waals surface area (Å²) in [6.07, 6.45) is 0. The number of nitrogens with one attached hydrogen (secondary N) is 3. The van der Waals surface area contributed by atoms with Crippen molar-refractivity contribution in [2.45, 2.75) is 19.0 Å². The van der Waals surface area contributed by atoms with Gasteiger partial charge in [0, 0.05) is 30.8 Å². The summed E-state index contributed by atoms with van der Waals surface area (Å²) in [5.74, 6) is 0.130. The molecule has 4 nitrogen and oxygen atoms in total. The molecule has 1 amide bonds. The molecule has 0 spiro atoms. The van der Waals surface area contributed by atoms with Crippen LogP contribution >= 0.6 is 0 Å². The Kier molecular flexibility index (Phi) is 5.29. The van der Waals surface area contributed by atoms with E-state index >= 15 is 0 Å². The van der Waals surface area contributed by atoms with Gasteiger partial charge in [0.15, 0.2) is 0 Å². The quantitative estimate of drug-likeness (QED) is 0.606. The first kappa shape index (κ1) is 18.1. The van der Waals surface area contributed by atoms with E-state index in [1.807, 2.05) is 24.3 Å². The Balaban J connectivity index is 1.76. The molecule has 4 rings (SSSR count). The van der Waals surface area contributed by atoms with Gasteiger partial charge in [0.1, 0.15) is 0 Å². The summed E-state index contributed by atoms with van der Waals surface area (Å²) in [6, 6.07) is 29.3. The normalized spacial score (nSPS) is 20.5. The second-order valence-corrected chi connectivity index (χ2v) is 7.21. The van der Waals surface area contributed by atoms with E-state index < -0.39 is 0 Å². The molecule has 3 N–H and O–H groups in total. The minimum Gasteiger partial charge on any atom is -0.378 e. The number of carbonyl (C=O) groups is 1. The van der Waals surface area contributed by atoms with Crippen LogP contribution in [0.3, 0.4) is 0 Å². The number of hydrogen-bond acceptors (Lipinski definition) is 3. The smallest absolute Gasteiger partial charge is 0.216 e. The molecule has 0 saturated heterocycles. The summed E-state index contributed by atoms with van der Waals surface area (Å²) in [6.45, 7) is 2.15. The first-order valence-electron chi connectivity index (χ1n) is 9.69. The SMILES string of the molecule is CC(=O)NC[C@H]1[C@@H](c2ccccc2)Nc2ccccc2[C@@H]1Nc1ccccc1. The Morgan fingerprint density at radius 2 is 1.54 bits per heavy atom. The third-order valence-corrected chi connectivity index (χ3v) is 5.30. The van der Waals surface area contributed by atoms with Crippen LogP contribution in [0.5, 0.6) is 0 Å². The average Bonchev–Trinajstić information content (AvgIpc) is 2.74. The van der Waals surface area contributed by atoms with E-state index in [2.05, 4.69) is 76.6 Å². The zero-order valence-electron chi connectivity index (χ0n) is 15.9. The Hall–Kier alpha value is -3.27. The van der Waals surface area contributed by atoms with Gasteiger partial charge < -0.3 is 16.0 Å². The fourth-order valence-corrected chi connectivity index (χ4v) is 3.98. The molecule has 142 valence electrons. The molecule has 4 heteroatoms. The highest BCUT2D eigenvalue weighted by Crippen LogP contribution is 2.44. The van der Waals surface area contributed by atoms with Crippen LogP contribution in [0.2, 0.25) is 0 Å². The van der Waals surface area contributed by atoms with Crippen LogP contribution in [0.4, 0.5) is 11.4 Å². The molecule has 0 unspecified atom stereocenters. The molecule has 0 bridgehead atoms. The van der Waals surface area contributed by atoms with E-state index in [1.165, 1.54) is 11.1 Å². The number of carbonyl (C=O) groups excluding carboxylic acids is 1. The molecule has 1 heterocycles. The zero-order valence-corrected chi connectivity index (χ0v) is 15.9. The summed E-state index contributed by atoms with van der Waals surface area (Å²) in [5, 5.41) is 10.5. The molecule has 1 aliphatic heterocycles. The number of para-hydroxylation sites is 2. The standard InChI is InChI=1S/C24H25N3O/c1-17(28)25-16-21-23(18-10-4-2-5-11-18)27-22-15-9-8-14-20(22)24(21)26-19-12-6-3-7-13-19/h2-15,21,23-24,26-27H,16H2,1H3,(H,25,28)/t21-,23+,24-/m0/s1. The summed E-state index contributed by atoms with van der Waals surface area (Å²) in [4.78, 5) is 11.7. The molecule has 0 aromatic heterocycles. The van der Waals surface area contributed by atoms with Crippen molar-refractivity contribution >= 4 is 17.3 Å².